The molecule has 1 heterocycles. The van der Waals surface area contributed by atoms with E-state index in [1.165, 1.54) is 4.90 Å². The Balaban J connectivity index is 1.52. The molecule has 4 nitrogen and oxygen atoms in total. The fraction of sp³-hybridized carbons (Fsp3) is 0.421. The molecular formula is C19H23NO3S. The first kappa shape index (κ1) is 17.1. The van der Waals surface area contributed by atoms with Gasteiger partial charge in [0.15, 0.2) is 5.76 Å². The topological polar surface area (TPSA) is 62.5 Å². The number of aliphatic hydroxyl groups excluding tert-OH is 1. The highest BCUT2D eigenvalue weighted by molar-refractivity contribution is 7.98. The van der Waals surface area contributed by atoms with E-state index in [1.807, 2.05) is 24.3 Å². The van der Waals surface area contributed by atoms with Crippen molar-refractivity contribution in [1.82, 2.24) is 5.32 Å². The average molecular weight is 345 g/mol. The van der Waals surface area contributed by atoms with Gasteiger partial charge < -0.3 is 14.8 Å². The molecule has 0 aliphatic heterocycles. The van der Waals surface area contributed by atoms with Gasteiger partial charge in [-0.3, -0.25) is 4.79 Å². The molecule has 1 aliphatic rings. The maximum absolute atomic E-state index is 12.3. The summed E-state index contributed by atoms with van der Waals surface area (Å²) in [6.07, 6.45) is 3.91. The number of hydrogen-bond acceptors (Lipinski definition) is 4. The summed E-state index contributed by atoms with van der Waals surface area (Å²) < 4.78 is 5.68. The van der Waals surface area contributed by atoms with Crippen LogP contribution < -0.4 is 5.32 Å². The van der Waals surface area contributed by atoms with Crippen LogP contribution in [0.4, 0.5) is 0 Å². The molecule has 2 aromatic rings. The lowest BCUT2D eigenvalue weighted by Crippen LogP contribution is -2.38. The van der Waals surface area contributed by atoms with Gasteiger partial charge in [-0.1, -0.05) is 24.6 Å². The van der Waals surface area contributed by atoms with Crippen molar-refractivity contribution >= 4 is 17.7 Å². The zero-order valence-electron chi connectivity index (χ0n) is 13.6. The Morgan fingerprint density at radius 2 is 2.04 bits per heavy atom. The third-order valence-electron chi connectivity index (χ3n) is 4.39. The van der Waals surface area contributed by atoms with Crippen molar-refractivity contribution in [2.75, 3.05) is 6.61 Å². The predicted octanol–water partition coefficient (Wildman–Crippen LogP) is 3.85. The fourth-order valence-corrected chi connectivity index (χ4v) is 3.91. The SMILES string of the molecule is O=C(N[C@@H]1CCC[C@@H](CO)C1)c1ccc(CSc2ccccc2)o1. The van der Waals surface area contributed by atoms with Crippen molar-refractivity contribution in [3.8, 4) is 0 Å². The first-order valence-corrected chi connectivity index (χ1v) is 9.41. The van der Waals surface area contributed by atoms with Crippen LogP contribution in [-0.4, -0.2) is 23.7 Å². The molecule has 1 aromatic carbocycles. The van der Waals surface area contributed by atoms with Gasteiger partial charge in [0, 0.05) is 17.5 Å². The molecule has 1 amide bonds. The lowest BCUT2D eigenvalue weighted by atomic mass is 9.86. The molecular weight excluding hydrogens is 322 g/mol. The number of nitrogens with one attached hydrogen (secondary N) is 1. The summed E-state index contributed by atoms with van der Waals surface area (Å²) in [6.45, 7) is 0.202. The van der Waals surface area contributed by atoms with Crippen molar-refractivity contribution in [2.45, 2.75) is 42.4 Å². The van der Waals surface area contributed by atoms with Crippen LogP contribution in [0.25, 0.3) is 0 Å². The van der Waals surface area contributed by atoms with Crippen molar-refractivity contribution in [3.63, 3.8) is 0 Å². The van der Waals surface area contributed by atoms with Crippen molar-refractivity contribution in [3.05, 3.63) is 54.0 Å². The molecule has 3 rings (SSSR count). The van der Waals surface area contributed by atoms with Gasteiger partial charge in [-0.25, -0.2) is 0 Å². The molecule has 0 radical (unpaired) electrons. The zero-order chi connectivity index (χ0) is 16.8. The molecule has 0 unspecified atom stereocenters. The molecule has 2 N–H and O–H groups in total. The number of carbonyl (C=O) groups is 1. The first-order valence-electron chi connectivity index (χ1n) is 8.43. The van der Waals surface area contributed by atoms with E-state index >= 15 is 0 Å². The highest BCUT2D eigenvalue weighted by Gasteiger charge is 2.24. The summed E-state index contributed by atoms with van der Waals surface area (Å²) in [5.41, 5.74) is 0. The highest BCUT2D eigenvalue weighted by Crippen LogP contribution is 2.25. The molecule has 1 saturated carbocycles. The summed E-state index contributed by atoms with van der Waals surface area (Å²) in [7, 11) is 0. The largest absolute Gasteiger partial charge is 0.455 e. The Morgan fingerprint density at radius 3 is 2.83 bits per heavy atom. The molecule has 1 aliphatic carbocycles. The molecule has 5 heteroatoms. The highest BCUT2D eigenvalue weighted by atomic mass is 32.2. The first-order chi connectivity index (χ1) is 11.7. The van der Waals surface area contributed by atoms with Gasteiger partial charge in [-0.05, 0) is 49.4 Å². The van der Waals surface area contributed by atoms with Crippen LogP contribution in [0.1, 0.15) is 42.0 Å². The second-order valence-corrected chi connectivity index (χ2v) is 7.30. The predicted molar refractivity (Wildman–Crippen MR) is 95.0 cm³/mol. The van der Waals surface area contributed by atoms with Gasteiger partial charge in [0.05, 0.1) is 5.75 Å². The summed E-state index contributed by atoms with van der Waals surface area (Å²) >= 11 is 1.68. The number of hydrogen-bond donors (Lipinski definition) is 2. The van der Waals surface area contributed by atoms with E-state index in [-0.39, 0.29) is 18.6 Å². The fourth-order valence-electron chi connectivity index (χ4n) is 3.09. The van der Waals surface area contributed by atoms with Crippen LogP contribution >= 0.6 is 11.8 Å². The van der Waals surface area contributed by atoms with Gasteiger partial charge in [0.1, 0.15) is 5.76 Å². The summed E-state index contributed by atoms with van der Waals surface area (Å²) in [5, 5.41) is 12.3. The van der Waals surface area contributed by atoms with Gasteiger partial charge in [-0.15, -0.1) is 11.8 Å². The van der Waals surface area contributed by atoms with Crippen LogP contribution in [0.5, 0.6) is 0 Å². The standard InChI is InChI=1S/C19H23NO3S/c21-12-14-5-4-6-15(11-14)20-19(22)18-10-9-16(23-18)13-24-17-7-2-1-3-8-17/h1-3,7-10,14-15,21H,4-6,11-13H2,(H,20,22)/t14-,15-/m1/s1. The number of carbonyl (C=O) groups excluding carboxylic acids is 1. The quantitative estimate of drug-likeness (QED) is 0.781. The Morgan fingerprint density at radius 1 is 1.21 bits per heavy atom. The minimum absolute atomic E-state index is 0.135. The third kappa shape index (κ3) is 4.65. The van der Waals surface area contributed by atoms with E-state index in [9.17, 15) is 9.90 Å². The summed E-state index contributed by atoms with van der Waals surface area (Å²) in [4.78, 5) is 13.5. The Labute approximate surface area is 146 Å². The smallest absolute Gasteiger partial charge is 0.287 e. The second kappa shape index (κ2) is 8.40. The molecule has 24 heavy (non-hydrogen) atoms. The molecule has 1 fully saturated rings. The number of amides is 1. The molecule has 0 bridgehead atoms. The van der Waals surface area contributed by atoms with Gasteiger partial charge in [0.25, 0.3) is 5.91 Å². The van der Waals surface area contributed by atoms with Gasteiger partial charge in [-0.2, -0.15) is 0 Å². The van der Waals surface area contributed by atoms with Gasteiger partial charge in [0.2, 0.25) is 0 Å². The van der Waals surface area contributed by atoms with E-state index in [0.717, 1.165) is 31.4 Å². The Hall–Kier alpha value is -1.72. The Kier molecular flexibility index (Phi) is 5.99. The molecule has 0 spiro atoms. The maximum atomic E-state index is 12.3. The molecule has 128 valence electrons. The average Bonchev–Trinajstić information content (AvgIpc) is 3.10. The lowest BCUT2D eigenvalue weighted by Gasteiger charge is -2.28. The van der Waals surface area contributed by atoms with Gasteiger partial charge >= 0.3 is 0 Å². The van der Waals surface area contributed by atoms with Crippen molar-refractivity contribution in [1.29, 1.82) is 0 Å². The zero-order valence-corrected chi connectivity index (χ0v) is 14.4. The lowest BCUT2D eigenvalue weighted by molar-refractivity contribution is 0.0876. The maximum Gasteiger partial charge on any atom is 0.287 e. The molecule has 2 atom stereocenters. The number of rotatable bonds is 6. The van der Waals surface area contributed by atoms with E-state index in [4.69, 9.17) is 4.42 Å². The van der Waals surface area contributed by atoms with E-state index in [0.29, 0.717) is 17.4 Å². The Bertz CT molecular complexity index is 656. The molecule has 0 saturated heterocycles. The van der Waals surface area contributed by atoms with E-state index in [2.05, 4.69) is 17.4 Å². The minimum atomic E-state index is -0.158. The van der Waals surface area contributed by atoms with Crippen molar-refractivity contribution < 1.29 is 14.3 Å². The van der Waals surface area contributed by atoms with Crippen LogP contribution in [-0.2, 0) is 5.75 Å². The summed E-state index contributed by atoms with van der Waals surface area (Å²) in [5.74, 6) is 2.01. The monoisotopic (exact) mass is 345 g/mol. The van der Waals surface area contributed by atoms with E-state index < -0.39 is 0 Å². The number of aliphatic hydroxyl groups is 1. The second-order valence-electron chi connectivity index (χ2n) is 6.25. The van der Waals surface area contributed by atoms with Crippen molar-refractivity contribution in [2.24, 2.45) is 5.92 Å². The van der Waals surface area contributed by atoms with E-state index in [1.54, 1.807) is 17.8 Å². The number of benzene rings is 1. The van der Waals surface area contributed by atoms with Crippen LogP contribution in [0.3, 0.4) is 0 Å². The van der Waals surface area contributed by atoms with Crippen LogP contribution in [0.15, 0.2) is 51.8 Å². The summed E-state index contributed by atoms with van der Waals surface area (Å²) in [6, 6.07) is 13.9. The van der Waals surface area contributed by atoms with Crippen LogP contribution in [0.2, 0.25) is 0 Å². The third-order valence-corrected chi connectivity index (χ3v) is 5.42. The minimum Gasteiger partial charge on any atom is -0.455 e. The van der Waals surface area contributed by atoms with Crippen LogP contribution in [0, 0.1) is 5.92 Å². The number of thioether (sulfide) groups is 1. The normalized spacial score (nSPS) is 20.7. The number of furan rings is 1. The molecule has 1 aromatic heterocycles.